The summed E-state index contributed by atoms with van der Waals surface area (Å²) in [5, 5.41) is 42.0. The van der Waals surface area contributed by atoms with Gasteiger partial charge in [-0.15, -0.1) is 0 Å². The molecule has 1 saturated heterocycles. The lowest BCUT2D eigenvalue weighted by molar-refractivity contribution is -0.385. The maximum atomic E-state index is 13.3. The Balaban J connectivity index is 2.04. The molecular formula is C25H15Cl2N3O7. The van der Waals surface area contributed by atoms with Crippen molar-refractivity contribution in [3.05, 3.63) is 97.0 Å². The van der Waals surface area contributed by atoms with E-state index >= 15 is 0 Å². The van der Waals surface area contributed by atoms with Crippen LogP contribution in [0.15, 0.2) is 60.2 Å². The molecule has 4 rings (SSSR count). The molecule has 1 heterocycles. The van der Waals surface area contributed by atoms with Gasteiger partial charge in [-0.3, -0.25) is 24.6 Å². The van der Waals surface area contributed by atoms with Gasteiger partial charge in [0, 0.05) is 16.8 Å². The van der Waals surface area contributed by atoms with Crippen LogP contribution in [0.1, 0.15) is 22.7 Å². The van der Waals surface area contributed by atoms with E-state index in [2.05, 4.69) is 0 Å². The first kappa shape index (κ1) is 25.5. The number of nitrogens with zero attached hydrogens (tertiary/aromatic N) is 3. The van der Waals surface area contributed by atoms with Gasteiger partial charge in [0.15, 0.2) is 5.75 Å². The molecular weight excluding hydrogens is 525 g/mol. The van der Waals surface area contributed by atoms with Crippen molar-refractivity contribution in [2.24, 2.45) is 0 Å². The van der Waals surface area contributed by atoms with Crippen molar-refractivity contribution in [2.45, 2.75) is 6.04 Å². The number of carbonyl (C=O) groups is 2. The number of anilines is 1. The highest BCUT2D eigenvalue weighted by Crippen LogP contribution is 2.46. The second-order valence-corrected chi connectivity index (χ2v) is 8.65. The van der Waals surface area contributed by atoms with Gasteiger partial charge < -0.3 is 14.9 Å². The van der Waals surface area contributed by atoms with Crippen molar-refractivity contribution < 1.29 is 29.5 Å². The highest BCUT2D eigenvalue weighted by atomic mass is 35.5. The minimum atomic E-state index is -1.37. The molecule has 3 aromatic rings. The average molecular weight is 540 g/mol. The second-order valence-electron chi connectivity index (χ2n) is 7.80. The number of aliphatic hydroxyl groups is 1. The van der Waals surface area contributed by atoms with Crippen LogP contribution >= 0.6 is 23.2 Å². The van der Waals surface area contributed by atoms with Gasteiger partial charge in [0.1, 0.15) is 11.5 Å². The predicted octanol–water partition coefficient (Wildman–Crippen LogP) is 5.11. The number of halogens is 2. The highest BCUT2D eigenvalue weighted by molar-refractivity contribution is 6.52. The number of nitro benzene ring substituents is 1. The molecule has 0 spiro atoms. The van der Waals surface area contributed by atoms with Crippen LogP contribution in [0.2, 0.25) is 10.0 Å². The summed E-state index contributed by atoms with van der Waals surface area (Å²) in [6.45, 7) is 0. The van der Waals surface area contributed by atoms with Gasteiger partial charge in [0.2, 0.25) is 0 Å². The van der Waals surface area contributed by atoms with E-state index < -0.39 is 45.4 Å². The van der Waals surface area contributed by atoms with Crippen LogP contribution < -0.4 is 9.64 Å². The first-order chi connectivity index (χ1) is 17.6. The first-order valence-corrected chi connectivity index (χ1v) is 11.2. The van der Waals surface area contributed by atoms with Gasteiger partial charge in [-0.25, -0.2) is 0 Å². The molecule has 1 fully saturated rings. The van der Waals surface area contributed by atoms with Crippen LogP contribution in [0, 0.1) is 21.4 Å². The lowest BCUT2D eigenvalue weighted by atomic mass is 9.94. The van der Waals surface area contributed by atoms with E-state index in [1.54, 1.807) is 0 Å². The molecule has 1 atom stereocenters. The zero-order chi connectivity index (χ0) is 27.0. The Morgan fingerprint density at radius 1 is 1.14 bits per heavy atom. The Kier molecular flexibility index (Phi) is 6.76. The number of aromatic hydroxyl groups is 1. The molecule has 186 valence electrons. The molecule has 3 aromatic carbocycles. The minimum absolute atomic E-state index is 0.0229. The van der Waals surface area contributed by atoms with Gasteiger partial charge in [-0.2, -0.15) is 5.26 Å². The number of rotatable bonds is 5. The minimum Gasteiger partial charge on any atom is -0.507 e. The van der Waals surface area contributed by atoms with Gasteiger partial charge >= 0.3 is 5.69 Å². The highest BCUT2D eigenvalue weighted by Gasteiger charge is 2.47. The summed E-state index contributed by atoms with van der Waals surface area (Å²) in [4.78, 5) is 38.3. The second kappa shape index (κ2) is 9.81. The summed E-state index contributed by atoms with van der Waals surface area (Å²) in [6.07, 6.45) is 0. The number of nitriles is 1. The van der Waals surface area contributed by atoms with E-state index in [0.29, 0.717) is 0 Å². The van der Waals surface area contributed by atoms with Crippen LogP contribution in [0.5, 0.6) is 11.5 Å². The Labute approximate surface area is 219 Å². The van der Waals surface area contributed by atoms with E-state index in [1.807, 2.05) is 6.07 Å². The number of benzene rings is 3. The third-order valence-corrected chi connectivity index (χ3v) is 6.20. The molecule has 1 unspecified atom stereocenters. The molecule has 0 saturated carbocycles. The lowest BCUT2D eigenvalue weighted by Crippen LogP contribution is -2.29. The van der Waals surface area contributed by atoms with Gasteiger partial charge in [-0.05, 0) is 48.0 Å². The molecule has 0 bridgehead atoms. The number of amides is 1. The smallest absolute Gasteiger partial charge is 0.311 e. The summed E-state index contributed by atoms with van der Waals surface area (Å²) in [5.41, 5.74) is -0.678. The van der Waals surface area contributed by atoms with Crippen molar-refractivity contribution in [2.75, 3.05) is 12.0 Å². The normalized spacial score (nSPS) is 16.5. The number of phenolic OH excluding ortho intramolecular Hbond substituents is 1. The van der Waals surface area contributed by atoms with Crippen molar-refractivity contribution in [1.29, 1.82) is 5.26 Å². The summed E-state index contributed by atoms with van der Waals surface area (Å²) < 4.78 is 5.27. The summed E-state index contributed by atoms with van der Waals surface area (Å²) >= 11 is 12.3. The Bertz CT molecular complexity index is 1550. The predicted molar refractivity (Wildman–Crippen MR) is 134 cm³/mol. The zero-order valence-corrected chi connectivity index (χ0v) is 20.3. The summed E-state index contributed by atoms with van der Waals surface area (Å²) in [5.74, 6) is -3.48. The standard InChI is InChI=1S/C25H15Cl2N3O7/c1-37-24-16(9-14(26)10-17(24)27)22(32)20-21(13-4-7-19(31)18(8-13)30(35)36)29(25(34)23(20)33)15-5-2-12(11-28)3-6-15/h2-10,21,31-32H,1H3/b22-20+. The largest absolute Gasteiger partial charge is 0.507 e. The molecule has 1 aliphatic heterocycles. The van der Waals surface area contributed by atoms with Crippen molar-refractivity contribution in [3.63, 3.8) is 0 Å². The third kappa shape index (κ3) is 4.42. The van der Waals surface area contributed by atoms with Crippen LogP contribution in [-0.4, -0.2) is 33.9 Å². The number of hydrogen-bond acceptors (Lipinski definition) is 8. The fraction of sp³-hybridized carbons (Fsp3) is 0.0800. The molecule has 1 aliphatic rings. The topological polar surface area (TPSA) is 154 Å². The molecule has 0 aromatic heterocycles. The molecule has 10 nitrogen and oxygen atoms in total. The quantitative estimate of drug-likeness (QED) is 0.149. The van der Waals surface area contributed by atoms with Crippen LogP contribution in [0.4, 0.5) is 11.4 Å². The number of aliphatic hydroxyl groups excluding tert-OH is 1. The zero-order valence-electron chi connectivity index (χ0n) is 18.8. The van der Waals surface area contributed by atoms with E-state index in [9.17, 15) is 29.9 Å². The maximum absolute atomic E-state index is 13.3. The fourth-order valence-corrected chi connectivity index (χ4v) is 4.63. The van der Waals surface area contributed by atoms with Crippen molar-refractivity contribution in [3.8, 4) is 17.6 Å². The number of ether oxygens (including phenoxy) is 1. The average Bonchev–Trinajstić information content (AvgIpc) is 3.13. The molecule has 1 amide bonds. The molecule has 2 N–H and O–H groups in total. The molecule has 12 heteroatoms. The number of ketones is 1. The van der Waals surface area contributed by atoms with Gasteiger partial charge in [0.25, 0.3) is 11.7 Å². The SMILES string of the molecule is COc1c(Cl)cc(Cl)cc1/C(O)=C1\C(=O)C(=O)N(c2ccc(C#N)cc2)C1c1ccc(O)c([N+](=O)[O-])c1. The Hall–Kier alpha value is -4.59. The molecule has 0 radical (unpaired) electrons. The number of nitro groups is 1. The van der Waals surface area contributed by atoms with E-state index in [-0.39, 0.29) is 38.2 Å². The Morgan fingerprint density at radius 2 is 1.81 bits per heavy atom. The molecule has 0 aliphatic carbocycles. The number of Topliss-reactive ketones (excluding diaryl/α,β-unsaturated/α-hetero) is 1. The van der Waals surface area contributed by atoms with Crippen LogP contribution in [0.25, 0.3) is 5.76 Å². The summed E-state index contributed by atoms with van der Waals surface area (Å²) in [6, 6.07) is 12.2. The van der Waals surface area contributed by atoms with Gasteiger partial charge in [0.05, 0.1) is 45.9 Å². The van der Waals surface area contributed by atoms with Crippen molar-refractivity contribution in [1.82, 2.24) is 0 Å². The number of methoxy groups -OCH3 is 1. The van der Waals surface area contributed by atoms with Crippen LogP contribution in [-0.2, 0) is 9.59 Å². The number of carbonyl (C=O) groups excluding carboxylic acids is 2. The van der Waals surface area contributed by atoms with Crippen molar-refractivity contribution >= 4 is 52.0 Å². The van der Waals surface area contributed by atoms with E-state index in [0.717, 1.165) is 17.0 Å². The maximum Gasteiger partial charge on any atom is 0.311 e. The fourth-order valence-electron chi connectivity index (χ4n) is 4.06. The van der Waals surface area contributed by atoms with Crippen LogP contribution in [0.3, 0.4) is 0 Å². The van der Waals surface area contributed by atoms with Gasteiger partial charge in [-0.1, -0.05) is 29.3 Å². The first-order valence-electron chi connectivity index (χ1n) is 10.4. The summed E-state index contributed by atoms with van der Waals surface area (Å²) in [7, 11) is 1.28. The molecule has 37 heavy (non-hydrogen) atoms. The van der Waals surface area contributed by atoms with E-state index in [4.69, 9.17) is 33.2 Å². The lowest BCUT2D eigenvalue weighted by Gasteiger charge is -2.25. The van der Waals surface area contributed by atoms with E-state index in [1.165, 1.54) is 49.6 Å². The Morgan fingerprint density at radius 3 is 2.41 bits per heavy atom. The number of hydrogen-bond donors (Lipinski definition) is 2. The number of phenols is 1. The third-order valence-electron chi connectivity index (χ3n) is 5.70. The monoisotopic (exact) mass is 539 g/mol.